The maximum absolute atomic E-state index is 12.5. The lowest BCUT2D eigenvalue weighted by atomic mass is 10.1. The van der Waals surface area contributed by atoms with Crippen molar-refractivity contribution in [2.24, 2.45) is 0 Å². The third-order valence-electron chi connectivity index (χ3n) is 2.93. The van der Waals surface area contributed by atoms with E-state index >= 15 is 0 Å². The molecule has 6 heteroatoms. The molecule has 1 amide bonds. The van der Waals surface area contributed by atoms with Gasteiger partial charge >= 0.3 is 0 Å². The summed E-state index contributed by atoms with van der Waals surface area (Å²) < 4.78 is 1.74. The Balaban J connectivity index is 2.34. The molecular weight excluding hydrogens is 398 g/mol. The molecule has 0 radical (unpaired) electrons. The quantitative estimate of drug-likeness (QED) is 0.745. The van der Waals surface area contributed by atoms with Crippen LogP contribution in [0.5, 0.6) is 0 Å². The second-order valence-corrected chi connectivity index (χ2v) is 6.52. The Kier molecular flexibility index (Phi) is 4.90. The maximum Gasteiger partial charge on any atom is 0.257 e. The summed E-state index contributed by atoms with van der Waals surface area (Å²) in [6.07, 6.45) is 0. The van der Waals surface area contributed by atoms with E-state index in [-0.39, 0.29) is 5.91 Å². The van der Waals surface area contributed by atoms with Crippen LogP contribution in [-0.2, 0) is 0 Å². The van der Waals surface area contributed by atoms with Gasteiger partial charge in [-0.25, -0.2) is 0 Å². The molecule has 110 valence electrons. The third kappa shape index (κ3) is 3.77. The van der Waals surface area contributed by atoms with Crippen molar-refractivity contribution in [2.45, 2.75) is 0 Å². The molecule has 3 N–H and O–H groups in total. The van der Waals surface area contributed by atoms with Crippen molar-refractivity contribution in [3.63, 3.8) is 0 Å². The average molecular weight is 413 g/mol. The fourth-order valence-corrected chi connectivity index (χ4v) is 3.05. The van der Waals surface area contributed by atoms with Crippen LogP contribution in [0.3, 0.4) is 0 Å². The summed E-state index contributed by atoms with van der Waals surface area (Å²) >= 11 is 6.81. The number of nitrogens with zero attached hydrogens (tertiary/aromatic N) is 1. The minimum atomic E-state index is -0.200. The minimum Gasteiger partial charge on any atom is -0.399 e. The molecule has 0 heterocycles. The van der Waals surface area contributed by atoms with Crippen molar-refractivity contribution in [1.29, 1.82) is 0 Å². The van der Waals surface area contributed by atoms with Gasteiger partial charge in [0.25, 0.3) is 5.91 Å². The summed E-state index contributed by atoms with van der Waals surface area (Å²) in [5.74, 6) is -0.200. The number of nitrogen functional groups attached to an aromatic ring is 1. The Morgan fingerprint density at radius 2 is 1.86 bits per heavy atom. The third-order valence-corrected chi connectivity index (χ3v) is 4.08. The van der Waals surface area contributed by atoms with E-state index in [1.165, 1.54) is 0 Å². The molecule has 0 unspecified atom stereocenters. The number of carbonyl (C=O) groups is 1. The molecule has 21 heavy (non-hydrogen) atoms. The number of carbonyl (C=O) groups excluding carboxylic acids is 1. The topological polar surface area (TPSA) is 58.4 Å². The van der Waals surface area contributed by atoms with Crippen molar-refractivity contribution >= 4 is 54.8 Å². The predicted molar refractivity (Wildman–Crippen MR) is 95.0 cm³/mol. The Morgan fingerprint density at radius 3 is 2.48 bits per heavy atom. The number of nitrogens with one attached hydrogen (secondary N) is 1. The largest absolute Gasteiger partial charge is 0.399 e. The van der Waals surface area contributed by atoms with E-state index in [1.54, 1.807) is 12.1 Å². The Morgan fingerprint density at radius 1 is 1.14 bits per heavy atom. The van der Waals surface area contributed by atoms with E-state index in [1.807, 2.05) is 43.3 Å². The zero-order chi connectivity index (χ0) is 15.6. The molecule has 2 rings (SSSR count). The van der Waals surface area contributed by atoms with Crippen LogP contribution in [0.15, 0.2) is 45.3 Å². The van der Waals surface area contributed by atoms with Crippen LogP contribution in [0, 0.1) is 0 Å². The predicted octanol–water partition coefficient (Wildman–Crippen LogP) is 4.11. The van der Waals surface area contributed by atoms with Crippen LogP contribution in [0.2, 0.25) is 0 Å². The Labute approximate surface area is 140 Å². The normalized spacial score (nSPS) is 10.3. The van der Waals surface area contributed by atoms with Gasteiger partial charge in [-0.15, -0.1) is 0 Å². The standard InChI is InChI=1S/C15H15Br2N3O/c1-20(2)14-6-4-10(18)8-11(14)15(21)19-13-5-3-9(16)7-12(13)17/h3-8H,18H2,1-2H3,(H,19,21). The van der Waals surface area contributed by atoms with Gasteiger partial charge in [0.05, 0.1) is 11.3 Å². The molecule has 0 aromatic heterocycles. The van der Waals surface area contributed by atoms with Crippen LogP contribution in [0.25, 0.3) is 0 Å². The summed E-state index contributed by atoms with van der Waals surface area (Å²) in [4.78, 5) is 14.4. The van der Waals surface area contributed by atoms with E-state index in [0.717, 1.165) is 14.6 Å². The van der Waals surface area contributed by atoms with Gasteiger partial charge in [-0.2, -0.15) is 0 Å². The van der Waals surface area contributed by atoms with Crippen molar-refractivity contribution in [2.75, 3.05) is 30.0 Å². The molecular formula is C15H15Br2N3O. The SMILES string of the molecule is CN(C)c1ccc(N)cc1C(=O)Nc1ccc(Br)cc1Br. The van der Waals surface area contributed by atoms with E-state index in [2.05, 4.69) is 37.2 Å². The zero-order valence-corrected chi connectivity index (χ0v) is 14.8. The molecule has 0 atom stereocenters. The summed E-state index contributed by atoms with van der Waals surface area (Å²) in [6, 6.07) is 10.9. The first-order valence-electron chi connectivity index (χ1n) is 6.21. The first-order chi connectivity index (χ1) is 9.88. The molecule has 0 spiro atoms. The monoisotopic (exact) mass is 411 g/mol. The van der Waals surface area contributed by atoms with Crippen LogP contribution in [0.4, 0.5) is 17.1 Å². The zero-order valence-electron chi connectivity index (χ0n) is 11.7. The number of anilines is 3. The summed E-state index contributed by atoms with van der Waals surface area (Å²) in [5, 5.41) is 2.89. The molecule has 4 nitrogen and oxygen atoms in total. The molecule has 0 saturated carbocycles. The van der Waals surface area contributed by atoms with Crippen molar-refractivity contribution in [3.8, 4) is 0 Å². The van der Waals surface area contributed by atoms with Crippen LogP contribution >= 0.6 is 31.9 Å². The van der Waals surface area contributed by atoms with Gasteiger partial charge in [-0.05, 0) is 52.3 Å². The molecule has 0 bridgehead atoms. The van der Waals surface area contributed by atoms with E-state index in [9.17, 15) is 4.79 Å². The molecule has 2 aromatic carbocycles. The number of hydrogen-bond donors (Lipinski definition) is 2. The van der Waals surface area contributed by atoms with E-state index in [0.29, 0.717) is 16.9 Å². The fourth-order valence-electron chi connectivity index (χ4n) is 1.91. The van der Waals surface area contributed by atoms with Gasteiger partial charge < -0.3 is 16.0 Å². The summed E-state index contributed by atoms with van der Waals surface area (Å²) in [6.45, 7) is 0. The van der Waals surface area contributed by atoms with Gasteiger partial charge in [0, 0.05) is 34.4 Å². The van der Waals surface area contributed by atoms with E-state index in [4.69, 9.17) is 5.73 Å². The van der Waals surface area contributed by atoms with E-state index < -0.39 is 0 Å². The summed E-state index contributed by atoms with van der Waals surface area (Å²) in [5.41, 5.74) is 8.41. The van der Waals surface area contributed by atoms with Gasteiger partial charge in [-0.3, -0.25) is 4.79 Å². The Hall–Kier alpha value is -1.53. The van der Waals surface area contributed by atoms with Gasteiger partial charge in [0.15, 0.2) is 0 Å². The molecule has 0 saturated heterocycles. The first-order valence-corrected chi connectivity index (χ1v) is 7.80. The van der Waals surface area contributed by atoms with Crippen LogP contribution < -0.4 is 16.0 Å². The smallest absolute Gasteiger partial charge is 0.257 e. The summed E-state index contributed by atoms with van der Waals surface area (Å²) in [7, 11) is 3.77. The first kappa shape index (κ1) is 15.9. The molecule has 0 aliphatic heterocycles. The highest BCUT2D eigenvalue weighted by Crippen LogP contribution is 2.28. The van der Waals surface area contributed by atoms with Gasteiger partial charge in [0.1, 0.15) is 0 Å². The highest BCUT2D eigenvalue weighted by molar-refractivity contribution is 9.11. The van der Waals surface area contributed by atoms with Crippen molar-refractivity contribution < 1.29 is 4.79 Å². The maximum atomic E-state index is 12.5. The molecule has 0 fully saturated rings. The number of halogens is 2. The number of benzene rings is 2. The second-order valence-electron chi connectivity index (χ2n) is 4.75. The van der Waals surface area contributed by atoms with Crippen molar-refractivity contribution in [1.82, 2.24) is 0 Å². The van der Waals surface area contributed by atoms with Crippen molar-refractivity contribution in [3.05, 3.63) is 50.9 Å². The number of rotatable bonds is 3. The lowest BCUT2D eigenvalue weighted by molar-refractivity contribution is 0.102. The highest BCUT2D eigenvalue weighted by atomic mass is 79.9. The average Bonchev–Trinajstić information content (AvgIpc) is 2.41. The highest BCUT2D eigenvalue weighted by Gasteiger charge is 2.14. The second kappa shape index (κ2) is 6.49. The lowest BCUT2D eigenvalue weighted by Crippen LogP contribution is -2.19. The van der Waals surface area contributed by atoms with Crippen LogP contribution in [-0.4, -0.2) is 20.0 Å². The number of hydrogen-bond acceptors (Lipinski definition) is 3. The Bertz CT molecular complexity index is 687. The molecule has 2 aromatic rings. The lowest BCUT2D eigenvalue weighted by Gasteiger charge is -2.18. The minimum absolute atomic E-state index is 0.200. The van der Waals surface area contributed by atoms with Gasteiger partial charge in [0.2, 0.25) is 0 Å². The van der Waals surface area contributed by atoms with Crippen LogP contribution in [0.1, 0.15) is 10.4 Å². The number of nitrogens with two attached hydrogens (primary N) is 1. The number of amides is 1. The fraction of sp³-hybridized carbons (Fsp3) is 0.133. The molecule has 0 aliphatic carbocycles. The van der Waals surface area contributed by atoms with Gasteiger partial charge in [-0.1, -0.05) is 15.9 Å². The molecule has 0 aliphatic rings.